The summed E-state index contributed by atoms with van der Waals surface area (Å²) in [5, 5.41) is 4.07. The SMILES string of the molecule is CCOc1ccc(-n2c(SCC(=O)NCc3ccc(F)cc3)nc3c([nH]c4ccccc43)c2=O)cc1. The van der Waals surface area contributed by atoms with E-state index in [2.05, 4.69) is 10.3 Å². The van der Waals surface area contributed by atoms with Gasteiger partial charge in [0.05, 0.1) is 18.0 Å². The van der Waals surface area contributed by atoms with Crippen molar-refractivity contribution in [2.45, 2.75) is 18.6 Å². The van der Waals surface area contributed by atoms with E-state index in [-0.39, 0.29) is 29.6 Å². The first-order valence-electron chi connectivity index (χ1n) is 11.4. The number of H-pyrrole nitrogens is 1. The number of hydrogen-bond donors (Lipinski definition) is 2. The largest absolute Gasteiger partial charge is 0.494 e. The second-order valence-electron chi connectivity index (χ2n) is 8.05. The molecule has 0 radical (unpaired) electrons. The van der Waals surface area contributed by atoms with Gasteiger partial charge in [-0.05, 0) is 55.0 Å². The first kappa shape index (κ1) is 23.6. The molecule has 1 amide bonds. The highest BCUT2D eigenvalue weighted by Crippen LogP contribution is 2.27. The molecule has 9 heteroatoms. The van der Waals surface area contributed by atoms with Crippen molar-refractivity contribution in [2.75, 3.05) is 12.4 Å². The van der Waals surface area contributed by atoms with E-state index in [0.717, 1.165) is 16.5 Å². The summed E-state index contributed by atoms with van der Waals surface area (Å²) in [4.78, 5) is 34.2. The highest BCUT2D eigenvalue weighted by Gasteiger charge is 2.18. The van der Waals surface area contributed by atoms with Gasteiger partial charge in [0.2, 0.25) is 5.91 Å². The van der Waals surface area contributed by atoms with Crippen LogP contribution < -0.4 is 15.6 Å². The molecular formula is C27H23FN4O3S. The number of amides is 1. The second-order valence-corrected chi connectivity index (χ2v) is 8.99. The molecule has 2 aromatic heterocycles. The van der Waals surface area contributed by atoms with E-state index in [9.17, 15) is 14.0 Å². The zero-order chi connectivity index (χ0) is 25.1. The van der Waals surface area contributed by atoms with Crippen molar-refractivity contribution >= 4 is 39.6 Å². The Morgan fingerprint density at radius 3 is 2.58 bits per heavy atom. The summed E-state index contributed by atoms with van der Waals surface area (Å²) in [6.45, 7) is 2.72. The number of aromatic amines is 1. The monoisotopic (exact) mass is 502 g/mol. The standard InChI is InChI=1S/C27H23FN4O3S/c1-2-35-20-13-11-19(12-14-20)32-26(34)25-24(21-5-3-4-6-22(21)30-25)31-27(32)36-16-23(33)29-15-17-7-9-18(28)10-8-17/h3-14,30H,2,15-16H2,1H3,(H,29,33). The lowest BCUT2D eigenvalue weighted by Gasteiger charge is -2.13. The van der Waals surface area contributed by atoms with Gasteiger partial charge in [-0.25, -0.2) is 9.37 Å². The molecule has 0 spiro atoms. The van der Waals surface area contributed by atoms with E-state index in [1.54, 1.807) is 36.4 Å². The lowest BCUT2D eigenvalue weighted by Crippen LogP contribution is -2.26. The Morgan fingerprint density at radius 2 is 1.83 bits per heavy atom. The Kier molecular flexibility index (Phi) is 6.73. The van der Waals surface area contributed by atoms with Gasteiger partial charge >= 0.3 is 0 Å². The molecule has 182 valence electrons. The number of halogens is 1. The van der Waals surface area contributed by atoms with Crippen molar-refractivity contribution < 1.29 is 13.9 Å². The Labute approximate surface area is 210 Å². The van der Waals surface area contributed by atoms with Gasteiger partial charge in [-0.1, -0.05) is 42.1 Å². The zero-order valence-electron chi connectivity index (χ0n) is 19.5. The lowest BCUT2D eigenvalue weighted by molar-refractivity contribution is -0.118. The predicted octanol–water partition coefficient (Wildman–Crippen LogP) is 4.81. The normalized spacial score (nSPS) is 11.2. The first-order valence-corrected chi connectivity index (χ1v) is 12.4. The van der Waals surface area contributed by atoms with Crippen molar-refractivity contribution in [3.63, 3.8) is 0 Å². The Balaban J connectivity index is 1.47. The number of para-hydroxylation sites is 1. The van der Waals surface area contributed by atoms with Crippen LogP contribution in [0.2, 0.25) is 0 Å². The van der Waals surface area contributed by atoms with Gasteiger partial charge in [-0.15, -0.1) is 0 Å². The summed E-state index contributed by atoms with van der Waals surface area (Å²) in [7, 11) is 0. The van der Waals surface area contributed by atoms with E-state index in [4.69, 9.17) is 9.72 Å². The van der Waals surface area contributed by atoms with Crippen LogP contribution in [-0.2, 0) is 11.3 Å². The summed E-state index contributed by atoms with van der Waals surface area (Å²) in [5.41, 5.74) is 2.93. The minimum atomic E-state index is -0.327. The summed E-state index contributed by atoms with van der Waals surface area (Å²) < 4.78 is 20.1. The van der Waals surface area contributed by atoms with Crippen molar-refractivity contribution in [2.24, 2.45) is 0 Å². The molecule has 0 unspecified atom stereocenters. The summed E-state index contributed by atoms with van der Waals surface area (Å²) in [6.07, 6.45) is 0. The van der Waals surface area contributed by atoms with E-state index in [0.29, 0.717) is 34.2 Å². The third-order valence-corrected chi connectivity index (χ3v) is 6.57. The van der Waals surface area contributed by atoms with E-state index in [1.807, 2.05) is 31.2 Å². The Bertz CT molecular complexity index is 1590. The number of rotatable bonds is 8. The number of ether oxygens (including phenoxy) is 1. The van der Waals surface area contributed by atoms with Gasteiger partial charge in [0.25, 0.3) is 5.56 Å². The zero-order valence-corrected chi connectivity index (χ0v) is 20.3. The fourth-order valence-electron chi connectivity index (χ4n) is 3.91. The summed E-state index contributed by atoms with van der Waals surface area (Å²) in [5.74, 6) is 0.198. The van der Waals surface area contributed by atoms with Crippen LogP contribution in [0.5, 0.6) is 5.75 Å². The fraction of sp³-hybridized carbons (Fsp3) is 0.148. The van der Waals surface area contributed by atoms with Gasteiger partial charge in [0.15, 0.2) is 5.16 Å². The maximum absolute atomic E-state index is 13.6. The number of carbonyl (C=O) groups is 1. The topological polar surface area (TPSA) is 89.0 Å². The van der Waals surface area contributed by atoms with Crippen molar-refractivity contribution in [1.29, 1.82) is 0 Å². The third kappa shape index (κ3) is 4.83. The molecular weight excluding hydrogens is 479 g/mol. The second kappa shape index (κ2) is 10.2. The molecule has 2 heterocycles. The van der Waals surface area contributed by atoms with Crippen LogP contribution in [0.3, 0.4) is 0 Å². The molecule has 3 aromatic carbocycles. The van der Waals surface area contributed by atoms with Crippen LogP contribution in [-0.4, -0.2) is 32.8 Å². The van der Waals surface area contributed by atoms with E-state index in [1.165, 1.54) is 28.5 Å². The maximum atomic E-state index is 13.6. The van der Waals surface area contributed by atoms with Gasteiger partial charge in [0, 0.05) is 17.4 Å². The molecule has 7 nitrogen and oxygen atoms in total. The Morgan fingerprint density at radius 1 is 1.08 bits per heavy atom. The number of hydrogen-bond acceptors (Lipinski definition) is 5. The van der Waals surface area contributed by atoms with Gasteiger partial charge < -0.3 is 15.0 Å². The molecule has 0 saturated carbocycles. The average molecular weight is 503 g/mol. The van der Waals surface area contributed by atoms with E-state index >= 15 is 0 Å². The molecule has 0 bridgehead atoms. The smallest absolute Gasteiger partial charge is 0.283 e. The van der Waals surface area contributed by atoms with Gasteiger partial charge in [-0.3, -0.25) is 14.2 Å². The molecule has 36 heavy (non-hydrogen) atoms. The van der Waals surface area contributed by atoms with E-state index < -0.39 is 0 Å². The minimum absolute atomic E-state index is 0.0541. The fourth-order valence-corrected chi connectivity index (χ4v) is 4.74. The summed E-state index contributed by atoms with van der Waals surface area (Å²) >= 11 is 1.18. The lowest BCUT2D eigenvalue weighted by atomic mass is 10.2. The molecule has 2 N–H and O–H groups in total. The quantitative estimate of drug-likeness (QED) is 0.235. The van der Waals surface area contributed by atoms with Crippen molar-refractivity contribution in [1.82, 2.24) is 19.9 Å². The molecule has 5 rings (SSSR count). The van der Waals surface area contributed by atoms with Gasteiger partial charge in [0.1, 0.15) is 22.6 Å². The number of benzene rings is 3. The average Bonchev–Trinajstić information content (AvgIpc) is 3.27. The van der Waals surface area contributed by atoms with Crippen LogP contribution in [0.1, 0.15) is 12.5 Å². The number of carbonyl (C=O) groups excluding carboxylic acids is 1. The molecule has 0 fully saturated rings. The molecule has 0 atom stereocenters. The van der Waals surface area contributed by atoms with Crippen molar-refractivity contribution in [3.05, 3.63) is 94.5 Å². The number of thioether (sulfide) groups is 1. The van der Waals surface area contributed by atoms with Crippen LogP contribution in [0.4, 0.5) is 4.39 Å². The highest BCUT2D eigenvalue weighted by atomic mass is 32.2. The molecule has 0 aliphatic heterocycles. The van der Waals surface area contributed by atoms with Gasteiger partial charge in [-0.2, -0.15) is 0 Å². The highest BCUT2D eigenvalue weighted by molar-refractivity contribution is 7.99. The van der Waals surface area contributed by atoms with Crippen LogP contribution in [0, 0.1) is 5.82 Å². The molecule has 0 saturated heterocycles. The van der Waals surface area contributed by atoms with Crippen LogP contribution >= 0.6 is 11.8 Å². The van der Waals surface area contributed by atoms with Crippen LogP contribution in [0.25, 0.3) is 27.6 Å². The van der Waals surface area contributed by atoms with Crippen molar-refractivity contribution in [3.8, 4) is 11.4 Å². The third-order valence-electron chi connectivity index (χ3n) is 5.64. The molecule has 0 aliphatic rings. The molecule has 5 aromatic rings. The molecule has 0 aliphatic carbocycles. The first-order chi connectivity index (χ1) is 17.5. The maximum Gasteiger partial charge on any atom is 0.283 e. The summed E-state index contributed by atoms with van der Waals surface area (Å²) in [6, 6.07) is 20.7. The predicted molar refractivity (Wildman–Crippen MR) is 139 cm³/mol. The number of nitrogens with one attached hydrogen (secondary N) is 2. The minimum Gasteiger partial charge on any atom is -0.494 e. The van der Waals surface area contributed by atoms with Crippen LogP contribution in [0.15, 0.2) is 82.7 Å². The number of aromatic nitrogens is 3. The Hall–Kier alpha value is -4.11. The number of nitrogens with zero attached hydrogens (tertiary/aromatic N) is 2. The number of fused-ring (bicyclic) bond motifs is 3.